The number of carbonyl (C=O) groups is 1. The third kappa shape index (κ3) is 6.57. The van der Waals surface area contributed by atoms with Crippen molar-refractivity contribution in [2.75, 3.05) is 19.6 Å². The molecule has 4 atom stereocenters. The van der Waals surface area contributed by atoms with Crippen molar-refractivity contribution in [3.8, 4) is 11.3 Å². The van der Waals surface area contributed by atoms with E-state index in [1.807, 2.05) is 38.1 Å². The van der Waals surface area contributed by atoms with Crippen LogP contribution >= 0.6 is 0 Å². The van der Waals surface area contributed by atoms with Crippen LogP contribution < -0.4 is 5.32 Å². The third-order valence-electron chi connectivity index (χ3n) is 11.2. The van der Waals surface area contributed by atoms with Gasteiger partial charge in [0.05, 0.1) is 29.7 Å². The number of nitrogens with one attached hydrogen (secondary N) is 1. The van der Waals surface area contributed by atoms with Crippen molar-refractivity contribution >= 4 is 16.8 Å². The van der Waals surface area contributed by atoms with Crippen LogP contribution in [0.5, 0.6) is 0 Å². The molecule has 3 unspecified atom stereocenters. The highest BCUT2D eigenvalue weighted by Gasteiger charge is 2.42. The van der Waals surface area contributed by atoms with Crippen molar-refractivity contribution in [2.45, 2.75) is 88.9 Å². The Kier molecular flexibility index (Phi) is 8.98. The van der Waals surface area contributed by atoms with Crippen LogP contribution in [-0.4, -0.2) is 67.0 Å². The maximum Gasteiger partial charge on any atom is 0.251 e. The van der Waals surface area contributed by atoms with Gasteiger partial charge in [0.15, 0.2) is 0 Å². The minimum Gasteiger partial charge on any atom is -0.390 e. The molecular formula is C38H44F2N6O2. The highest BCUT2D eigenvalue weighted by Crippen LogP contribution is 2.40. The molecule has 4 aromatic rings. The highest BCUT2D eigenvalue weighted by atomic mass is 19.1. The molecule has 1 aliphatic heterocycles. The fraction of sp³-hybridized carbons (Fsp3) is 0.500. The first-order valence-electron chi connectivity index (χ1n) is 17.4. The minimum absolute atomic E-state index is 0.143. The molecule has 10 heteroatoms. The molecule has 2 N–H and O–H groups in total. The fourth-order valence-corrected chi connectivity index (χ4v) is 7.99. The molecule has 8 nitrogen and oxygen atoms in total. The molecule has 0 spiro atoms. The Hall–Kier alpha value is -3.89. The largest absolute Gasteiger partial charge is 0.390 e. The standard InChI is InChI=1S/C38H44F2N6O2/c1-24(2)37(40)12-8-33-29(20-37)18-27-17-28(19-31(39)35(27)44-33)36(47)45-34(25-6-7-32(41-21-25)26-9-14-42-43-22-26)10-15-46-16-13-38(48)11-4-3-5-30(38)23-46/h6-7,9,14,17-19,21-22,24,30,34,48H,3-5,8,10-13,15-16,20,23H2,1-2H3,(H,45,47)/t30?,34?,37-,38?/m0/s1. The van der Waals surface area contributed by atoms with E-state index in [1.54, 1.807) is 24.7 Å². The summed E-state index contributed by atoms with van der Waals surface area (Å²) in [6.45, 7) is 6.16. The summed E-state index contributed by atoms with van der Waals surface area (Å²) >= 11 is 0. The van der Waals surface area contributed by atoms with E-state index in [-0.39, 0.29) is 35.4 Å². The van der Waals surface area contributed by atoms with Crippen LogP contribution in [0, 0.1) is 17.7 Å². The average Bonchev–Trinajstić information content (AvgIpc) is 3.09. The zero-order valence-electron chi connectivity index (χ0n) is 27.8. The molecule has 3 aliphatic rings. The lowest BCUT2D eigenvalue weighted by molar-refractivity contribution is -0.0955. The second kappa shape index (κ2) is 13.2. The number of nitrogens with zero attached hydrogens (tertiary/aromatic N) is 5. The summed E-state index contributed by atoms with van der Waals surface area (Å²) in [6, 6.07) is 10.0. The van der Waals surface area contributed by atoms with Gasteiger partial charge in [0.25, 0.3) is 5.91 Å². The van der Waals surface area contributed by atoms with E-state index in [1.165, 1.54) is 6.07 Å². The van der Waals surface area contributed by atoms with Crippen molar-refractivity contribution in [1.82, 2.24) is 30.4 Å². The Labute approximate surface area is 280 Å². The Morgan fingerprint density at radius 1 is 1.10 bits per heavy atom. The predicted molar refractivity (Wildman–Crippen MR) is 180 cm³/mol. The van der Waals surface area contributed by atoms with E-state index in [9.17, 15) is 9.90 Å². The number of piperidine rings is 1. The van der Waals surface area contributed by atoms with Crippen LogP contribution in [0.2, 0.25) is 0 Å². The number of aliphatic hydroxyl groups is 1. The van der Waals surface area contributed by atoms with Crippen LogP contribution in [0.3, 0.4) is 0 Å². The summed E-state index contributed by atoms with van der Waals surface area (Å²) in [5.74, 6) is -0.840. The Bertz CT molecular complexity index is 1790. The van der Waals surface area contributed by atoms with E-state index in [0.29, 0.717) is 24.6 Å². The van der Waals surface area contributed by atoms with Crippen LogP contribution in [-0.2, 0) is 12.8 Å². The maximum absolute atomic E-state index is 15.6. The number of carbonyl (C=O) groups excluding carboxylic acids is 1. The minimum atomic E-state index is -1.33. The zero-order chi connectivity index (χ0) is 33.5. The van der Waals surface area contributed by atoms with Crippen molar-refractivity contribution in [3.63, 3.8) is 0 Å². The number of halogens is 2. The second-order valence-corrected chi connectivity index (χ2v) is 14.5. The Morgan fingerprint density at radius 3 is 2.75 bits per heavy atom. The normalized spacial score (nSPS) is 25.0. The number of pyridine rings is 2. The van der Waals surface area contributed by atoms with Crippen LogP contribution in [0.4, 0.5) is 8.78 Å². The molecule has 48 heavy (non-hydrogen) atoms. The van der Waals surface area contributed by atoms with Gasteiger partial charge >= 0.3 is 0 Å². The van der Waals surface area contributed by atoms with E-state index >= 15 is 8.78 Å². The van der Waals surface area contributed by atoms with Gasteiger partial charge in [0.1, 0.15) is 17.0 Å². The quantitative estimate of drug-likeness (QED) is 0.222. The van der Waals surface area contributed by atoms with E-state index < -0.39 is 23.0 Å². The van der Waals surface area contributed by atoms with Crippen molar-refractivity contribution in [1.29, 1.82) is 0 Å². The first-order chi connectivity index (χ1) is 23.1. The number of hydrogen-bond donors (Lipinski definition) is 2. The number of alkyl halides is 1. The SMILES string of the molecule is CC(C)[C@]1(F)CCc2nc3c(F)cc(C(=O)NC(CCN4CCC5(O)CCCCC5C4)c4ccc(-c5ccnnc5)nc4)cc3cc2C1. The van der Waals surface area contributed by atoms with Crippen LogP contribution in [0.1, 0.15) is 92.0 Å². The number of fused-ring (bicyclic) bond motifs is 3. The number of likely N-dealkylation sites (tertiary alicyclic amines) is 1. The maximum atomic E-state index is 15.6. The summed E-state index contributed by atoms with van der Waals surface area (Å²) < 4.78 is 31.1. The number of aromatic nitrogens is 4. The number of benzene rings is 1. The smallest absolute Gasteiger partial charge is 0.251 e. The number of rotatable bonds is 8. The summed E-state index contributed by atoms with van der Waals surface area (Å²) in [4.78, 5) is 25.5. The molecule has 2 aliphatic carbocycles. The summed E-state index contributed by atoms with van der Waals surface area (Å²) in [7, 11) is 0. The second-order valence-electron chi connectivity index (χ2n) is 14.5. The molecule has 1 saturated heterocycles. The number of amides is 1. The monoisotopic (exact) mass is 654 g/mol. The molecule has 252 valence electrons. The number of aryl methyl sites for hydroxylation is 1. The topological polar surface area (TPSA) is 104 Å². The molecular weight excluding hydrogens is 610 g/mol. The summed E-state index contributed by atoms with van der Waals surface area (Å²) in [6.07, 6.45) is 11.6. The fourth-order valence-electron chi connectivity index (χ4n) is 7.99. The highest BCUT2D eigenvalue weighted by molar-refractivity contribution is 5.98. The summed E-state index contributed by atoms with van der Waals surface area (Å²) in [5.41, 5.74) is 2.44. The van der Waals surface area contributed by atoms with Gasteiger partial charge in [-0.2, -0.15) is 10.2 Å². The van der Waals surface area contributed by atoms with E-state index in [2.05, 4.69) is 30.4 Å². The molecule has 2 fully saturated rings. The molecule has 3 aromatic heterocycles. The van der Waals surface area contributed by atoms with Crippen molar-refractivity contribution in [2.24, 2.45) is 11.8 Å². The molecule has 7 rings (SSSR count). The average molecular weight is 655 g/mol. The van der Waals surface area contributed by atoms with Gasteiger partial charge in [-0.1, -0.05) is 32.8 Å². The molecule has 0 bridgehead atoms. The molecule has 1 saturated carbocycles. The van der Waals surface area contributed by atoms with E-state index in [0.717, 1.165) is 79.8 Å². The molecule has 1 amide bonds. The van der Waals surface area contributed by atoms with Gasteiger partial charge in [-0.05, 0) is 85.9 Å². The van der Waals surface area contributed by atoms with Gasteiger partial charge in [0, 0.05) is 60.4 Å². The molecule has 1 aromatic carbocycles. The van der Waals surface area contributed by atoms with Gasteiger partial charge in [-0.15, -0.1) is 0 Å². The zero-order valence-corrected chi connectivity index (χ0v) is 27.8. The number of hydrogen-bond acceptors (Lipinski definition) is 7. The first-order valence-corrected chi connectivity index (χ1v) is 17.4. The lowest BCUT2D eigenvalue weighted by atomic mass is 9.71. The van der Waals surface area contributed by atoms with Gasteiger partial charge in [0.2, 0.25) is 0 Å². The van der Waals surface area contributed by atoms with Crippen molar-refractivity contribution < 1.29 is 18.7 Å². The first kappa shape index (κ1) is 32.6. The lowest BCUT2D eigenvalue weighted by Gasteiger charge is -2.47. The predicted octanol–water partition coefficient (Wildman–Crippen LogP) is 6.57. The van der Waals surface area contributed by atoms with Gasteiger partial charge in [-0.3, -0.25) is 9.78 Å². The van der Waals surface area contributed by atoms with Crippen LogP contribution in [0.25, 0.3) is 22.2 Å². The summed E-state index contributed by atoms with van der Waals surface area (Å²) in [5, 5.41) is 22.6. The Morgan fingerprint density at radius 2 is 1.98 bits per heavy atom. The van der Waals surface area contributed by atoms with Gasteiger partial charge in [-0.25, -0.2) is 13.8 Å². The van der Waals surface area contributed by atoms with Crippen molar-refractivity contribution in [3.05, 3.63) is 83.2 Å². The van der Waals surface area contributed by atoms with Crippen LogP contribution in [0.15, 0.2) is 55.0 Å². The van der Waals surface area contributed by atoms with E-state index in [4.69, 9.17) is 0 Å². The third-order valence-corrected chi connectivity index (χ3v) is 11.2. The lowest BCUT2D eigenvalue weighted by Crippen LogP contribution is -2.53. The van der Waals surface area contributed by atoms with Gasteiger partial charge < -0.3 is 15.3 Å². The Balaban J connectivity index is 1.13. The molecule has 4 heterocycles. The molecule has 0 radical (unpaired) electrons.